The molecule has 128 valence electrons. The highest BCUT2D eigenvalue weighted by atomic mass is 79.9. The molecule has 0 spiro atoms. The van der Waals surface area contributed by atoms with Crippen molar-refractivity contribution in [2.45, 2.75) is 18.6 Å². The smallest absolute Gasteiger partial charge is 0.451 e. The van der Waals surface area contributed by atoms with Crippen molar-refractivity contribution in [2.75, 3.05) is 5.32 Å². The molecule has 1 heterocycles. The Labute approximate surface area is 141 Å². The summed E-state index contributed by atoms with van der Waals surface area (Å²) in [5.74, 6) is -4.17. The summed E-state index contributed by atoms with van der Waals surface area (Å²) < 4.78 is 39.3. The number of carbonyl (C=O) groups is 2. The van der Waals surface area contributed by atoms with Gasteiger partial charge in [-0.3, -0.25) is 4.79 Å². The van der Waals surface area contributed by atoms with Crippen LogP contribution in [0, 0.1) is 0 Å². The zero-order valence-corrected chi connectivity index (χ0v) is 13.3. The molecule has 0 saturated heterocycles. The topological polar surface area (TPSA) is 118 Å². The number of halogens is 4. The lowest BCUT2D eigenvalue weighted by molar-refractivity contribution is -0.144. The number of aliphatic carboxylic acids is 1. The standard InChI is InChI=1S/C13H10BrF3N4O3/c14-5-1-2-7-6(3-5)10(21-12(20-7)13(15,16)17)19-8(11(23)24)4-9(18)22/h1-3,8H,4H2,(H2,18,22)(H,23,24)(H,19,20,21). The normalized spacial score (nSPS) is 12.8. The number of alkyl halides is 3. The Morgan fingerprint density at radius 2 is 2.00 bits per heavy atom. The van der Waals surface area contributed by atoms with Crippen LogP contribution in [0.1, 0.15) is 12.2 Å². The van der Waals surface area contributed by atoms with E-state index in [0.717, 1.165) is 0 Å². The van der Waals surface area contributed by atoms with E-state index < -0.39 is 36.3 Å². The van der Waals surface area contributed by atoms with Crippen molar-refractivity contribution in [3.63, 3.8) is 0 Å². The number of primary amides is 1. The van der Waals surface area contributed by atoms with Crippen molar-refractivity contribution < 1.29 is 27.9 Å². The van der Waals surface area contributed by atoms with Gasteiger partial charge in [0, 0.05) is 9.86 Å². The van der Waals surface area contributed by atoms with Crippen molar-refractivity contribution in [1.29, 1.82) is 0 Å². The van der Waals surface area contributed by atoms with Crippen LogP contribution >= 0.6 is 15.9 Å². The third-order valence-corrected chi connectivity index (χ3v) is 3.42. The molecule has 0 radical (unpaired) electrons. The monoisotopic (exact) mass is 406 g/mol. The number of amides is 1. The summed E-state index contributed by atoms with van der Waals surface area (Å²) in [5.41, 5.74) is 4.92. The molecule has 24 heavy (non-hydrogen) atoms. The van der Waals surface area contributed by atoms with Gasteiger partial charge in [-0.25, -0.2) is 14.8 Å². The molecule has 0 aliphatic rings. The summed E-state index contributed by atoms with van der Waals surface area (Å²) in [7, 11) is 0. The Morgan fingerprint density at radius 1 is 1.33 bits per heavy atom. The summed E-state index contributed by atoms with van der Waals surface area (Å²) in [5, 5.41) is 11.6. The van der Waals surface area contributed by atoms with Gasteiger partial charge in [0.05, 0.1) is 11.9 Å². The van der Waals surface area contributed by atoms with Gasteiger partial charge in [0.2, 0.25) is 11.7 Å². The largest absolute Gasteiger partial charge is 0.480 e. The number of carboxylic acid groups (broad SMARTS) is 1. The van der Waals surface area contributed by atoms with E-state index in [-0.39, 0.29) is 16.7 Å². The van der Waals surface area contributed by atoms with Gasteiger partial charge in [-0.05, 0) is 18.2 Å². The van der Waals surface area contributed by atoms with E-state index in [4.69, 9.17) is 10.8 Å². The van der Waals surface area contributed by atoms with Crippen LogP contribution in [0.2, 0.25) is 0 Å². The van der Waals surface area contributed by atoms with Gasteiger partial charge >= 0.3 is 12.1 Å². The second kappa shape index (κ2) is 6.59. The van der Waals surface area contributed by atoms with Gasteiger partial charge in [-0.1, -0.05) is 15.9 Å². The number of benzene rings is 1. The van der Waals surface area contributed by atoms with E-state index in [0.29, 0.717) is 4.47 Å². The molecule has 1 amide bonds. The molecule has 4 N–H and O–H groups in total. The van der Waals surface area contributed by atoms with Gasteiger partial charge in [-0.15, -0.1) is 0 Å². The van der Waals surface area contributed by atoms with Gasteiger partial charge in [0.25, 0.3) is 0 Å². The number of rotatable bonds is 5. The Kier molecular flexibility index (Phi) is 4.92. The number of aromatic nitrogens is 2. The zero-order valence-electron chi connectivity index (χ0n) is 11.8. The van der Waals surface area contributed by atoms with Gasteiger partial charge in [0.1, 0.15) is 11.9 Å². The summed E-state index contributed by atoms with van der Waals surface area (Å²) in [4.78, 5) is 28.9. The Balaban J connectivity index is 2.59. The minimum atomic E-state index is -4.82. The molecular formula is C13H10BrF3N4O3. The van der Waals surface area contributed by atoms with Crippen LogP contribution in [0.3, 0.4) is 0 Å². The van der Waals surface area contributed by atoms with E-state index in [9.17, 15) is 22.8 Å². The fourth-order valence-corrected chi connectivity index (χ4v) is 2.26. The highest BCUT2D eigenvalue weighted by molar-refractivity contribution is 9.10. The molecule has 0 aliphatic heterocycles. The summed E-state index contributed by atoms with van der Waals surface area (Å²) >= 11 is 3.16. The first kappa shape index (κ1) is 17.9. The molecule has 0 saturated carbocycles. The van der Waals surface area contributed by atoms with Crippen LogP contribution in [0.25, 0.3) is 10.9 Å². The molecule has 11 heteroatoms. The van der Waals surface area contributed by atoms with Crippen molar-refractivity contribution in [2.24, 2.45) is 5.73 Å². The summed E-state index contributed by atoms with van der Waals surface area (Å²) in [6.45, 7) is 0. The van der Waals surface area contributed by atoms with Crippen LogP contribution < -0.4 is 11.1 Å². The molecule has 0 bridgehead atoms. The molecule has 0 aliphatic carbocycles. The average molecular weight is 407 g/mol. The second-order valence-electron chi connectivity index (χ2n) is 4.76. The fraction of sp³-hybridized carbons (Fsp3) is 0.231. The highest BCUT2D eigenvalue weighted by Crippen LogP contribution is 2.31. The Hall–Kier alpha value is -2.43. The van der Waals surface area contributed by atoms with Crippen molar-refractivity contribution in [1.82, 2.24) is 9.97 Å². The number of hydrogen-bond acceptors (Lipinski definition) is 5. The first-order valence-electron chi connectivity index (χ1n) is 6.40. The minimum absolute atomic E-state index is 0.0359. The van der Waals surface area contributed by atoms with Crippen LogP contribution in [-0.4, -0.2) is 33.0 Å². The first-order chi connectivity index (χ1) is 11.1. The quantitative estimate of drug-likeness (QED) is 0.699. The van der Waals surface area contributed by atoms with E-state index in [1.54, 1.807) is 0 Å². The maximum atomic E-state index is 12.9. The van der Waals surface area contributed by atoms with Crippen LogP contribution in [-0.2, 0) is 15.8 Å². The molecule has 2 aromatic rings. The molecular weight excluding hydrogens is 397 g/mol. The van der Waals surface area contributed by atoms with E-state index in [1.165, 1.54) is 18.2 Å². The lowest BCUT2D eigenvalue weighted by atomic mass is 10.1. The van der Waals surface area contributed by atoms with Gasteiger partial charge in [-0.2, -0.15) is 13.2 Å². The third kappa shape index (κ3) is 4.10. The minimum Gasteiger partial charge on any atom is -0.480 e. The number of nitrogens with two attached hydrogens (primary N) is 1. The SMILES string of the molecule is NC(=O)CC(Nc1nc(C(F)(F)F)nc2ccc(Br)cc12)C(=O)O. The number of nitrogens with zero attached hydrogens (tertiary/aromatic N) is 2. The lowest BCUT2D eigenvalue weighted by Crippen LogP contribution is -2.34. The molecule has 0 fully saturated rings. The zero-order chi connectivity index (χ0) is 18.1. The molecule has 2 rings (SSSR count). The molecule has 1 aromatic carbocycles. The lowest BCUT2D eigenvalue weighted by Gasteiger charge is -2.16. The predicted molar refractivity (Wildman–Crippen MR) is 81.1 cm³/mol. The Bertz CT molecular complexity index is 813. The van der Waals surface area contributed by atoms with Crippen LogP contribution in [0.5, 0.6) is 0 Å². The second-order valence-corrected chi connectivity index (χ2v) is 5.68. The van der Waals surface area contributed by atoms with Gasteiger partial charge < -0.3 is 16.2 Å². The molecule has 1 unspecified atom stereocenters. The number of carbonyl (C=O) groups excluding carboxylic acids is 1. The number of hydrogen-bond donors (Lipinski definition) is 3. The van der Waals surface area contributed by atoms with Crippen molar-refractivity contribution in [3.8, 4) is 0 Å². The summed E-state index contributed by atoms with van der Waals surface area (Å²) in [6.07, 6.45) is -5.43. The fourth-order valence-electron chi connectivity index (χ4n) is 1.90. The number of fused-ring (bicyclic) bond motifs is 1. The predicted octanol–water partition coefficient (Wildman–Crippen LogP) is 2.15. The first-order valence-corrected chi connectivity index (χ1v) is 7.19. The van der Waals surface area contributed by atoms with Gasteiger partial charge in [0.15, 0.2) is 0 Å². The average Bonchev–Trinajstić information content (AvgIpc) is 2.45. The molecule has 7 nitrogen and oxygen atoms in total. The maximum absolute atomic E-state index is 12.9. The third-order valence-electron chi connectivity index (χ3n) is 2.93. The van der Waals surface area contributed by atoms with Crippen LogP contribution in [0.15, 0.2) is 22.7 Å². The van der Waals surface area contributed by atoms with E-state index in [1.807, 2.05) is 0 Å². The highest BCUT2D eigenvalue weighted by Gasteiger charge is 2.36. The van der Waals surface area contributed by atoms with E-state index >= 15 is 0 Å². The van der Waals surface area contributed by atoms with Crippen molar-refractivity contribution >= 4 is 44.5 Å². The number of carboxylic acids is 1. The molecule has 1 aromatic heterocycles. The maximum Gasteiger partial charge on any atom is 0.451 e. The number of anilines is 1. The van der Waals surface area contributed by atoms with E-state index in [2.05, 4.69) is 31.2 Å². The van der Waals surface area contributed by atoms with Crippen molar-refractivity contribution in [3.05, 3.63) is 28.5 Å². The number of nitrogens with one attached hydrogen (secondary N) is 1. The van der Waals surface area contributed by atoms with Crippen LogP contribution in [0.4, 0.5) is 19.0 Å². The Morgan fingerprint density at radius 3 is 2.54 bits per heavy atom. The summed E-state index contributed by atoms with van der Waals surface area (Å²) in [6, 6.07) is 2.71. The molecule has 1 atom stereocenters.